The topological polar surface area (TPSA) is 67.2 Å². The van der Waals surface area contributed by atoms with Crippen LogP contribution in [-0.4, -0.2) is 46.1 Å². The lowest BCUT2D eigenvalue weighted by atomic mass is 9.95. The zero-order valence-electron chi connectivity index (χ0n) is 18.1. The van der Waals surface area contributed by atoms with E-state index in [-0.39, 0.29) is 17.7 Å². The zero-order valence-corrected chi connectivity index (χ0v) is 18.1. The summed E-state index contributed by atoms with van der Waals surface area (Å²) in [6, 6.07) is 19.7. The fourth-order valence-electron chi connectivity index (χ4n) is 3.88. The molecule has 1 N–H and O–H groups in total. The van der Waals surface area contributed by atoms with Gasteiger partial charge >= 0.3 is 0 Å². The van der Waals surface area contributed by atoms with Crippen LogP contribution in [0.4, 0.5) is 0 Å². The van der Waals surface area contributed by atoms with Crippen LogP contribution in [0.15, 0.2) is 79.1 Å². The summed E-state index contributed by atoms with van der Waals surface area (Å²) < 4.78 is 1.84. The van der Waals surface area contributed by atoms with Gasteiger partial charge in [0.25, 0.3) is 0 Å². The number of rotatable bonds is 7. The maximum atomic E-state index is 12.6. The third-order valence-electron chi connectivity index (χ3n) is 5.77. The molecule has 0 spiro atoms. The van der Waals surface area contributed by atoms with Gasteiger partial charge in [-0.1, -0.05) is 48.5 Å². The van der Waals surface area contributed by atoms with Crippen LogP contribution in [0.2, 0.25) is 0 Å². The van der Waals surface area contributed by atoms with E-state index in [0.29, 0.717) is 32.5 Å². The van der Waals surface area contributed by atoms with Crippen molar-refractivity contribution in [3.63, 3.8) is 0 Å². The first-order valence-corrected chi connectivity index (χ1v) is 11.1. The number of aromatic nitrogens is 2. The van der Waals surface area contributed by atoms with Crippen LogP contribution < -0.4 is 5.32 Å². The molecule has 0 bridgehead atoms. The van der Waals surface area contributed by atoms with Crippen LogP contribution in [0.1, 0.15) is 24.0 Å². The number of hydrogen-bond donors (Lipinski definition) is 1. The predicted molar refractivity (Wildman–Crippen MR) is 125 cm³/mol. The highest BCUT2D eigenvalue weighted by Crippen LogP contribution is 2.18. The Morgan fingerprint density at radius 2 is 1.69 bits per heavy atom. The quantitative estimate of drug-likeness (QED) is 0.586. The average molecular weight is 429 g/mol. The van der Waals surface area contributed by atoms with E-state index in [2.05, 4.69) is 10.4 Å². The van der Waals surface area contributed by atoms with E-state index in [1.807, 2.05) is 88.7 Å². The van der Waals surface area contributed by atoms with E-state index in [9.17, 15) is 9.59 Å². The number of piperidine rings is 1. The van der Waals surface area contributed by atoms with Crippen molar-refractivity contribution in [3.05, 3.63) is 90.3 Å². The Hall–Kier alpha value is -3.67. The highest BCUT2D eigenvalue weighted by Gasteiger charge is 2.26. The molecule has 1 aromatic heterocycles. The number of amides is 2. The summed E-state index contributed by atoms with van der Waals surface area (Å²) in [5.74, 6) is 0.0414. The third kappa shape index (κ3) is 5.72. The van der Waals surface area contributed by atoms with Gasteiger partial charge in [0.1, 0.15) is 0 Å². The van der Waals surface area contributed by atoms with Crippen molar-refractivity contribution in [2.45, 2.75) is 19.3 Å². The predicted octanol–water partition coefficient (Wildman–Crippen LogP) is 3.48. The Bertz CT molecular complexity index is 1050. The Morgan fingerprint density at radius 3 is 2.41 bits per heavy atom. The van der Waals surface area contributed by atoms with Gasteiger partial charge in [0, 0.05) is 37.8 Å². The molecule has 0 saturated carbocycles. The van der Waals surface area contributed by atoms with Crippen LogP contribution in [-0.2, 0) is 16.0 Å². The van der Waals surface area contributed by atoms with Gasteiger partial charge in [0.05, 0.1) is 11.9 Å². The standard InChI is InChI=1S/C26H28N4O2/c31-25(12-11-21-7-3-1-4-8-21)29-17-14-23(15-18-29)26(32)27-16-13-22-19-28-30(20-22)24-9-5-2-6-10-24/h1-12,19-20,23H,13-18H2,(H,27,32)/b12-11+. The number of likely N-dealkylation sites (tertiary alicyclic amines) is 1. The van der Waals surface area contributed by atoms with E-state index in [1.165, 1.54) is 0 Å². The SMILES string of the molecule is O=C(NCCc1cnn(-c2ccccc2)c1)C1CCN(C(=O)/C=C/c2ccccc2)CC1. The number of carbonyl (C=O) groups is 2. The number of benzene rings is 2. The van der Waals surface area contributed by atoms with Crippen LogP contribution >= 0.6 is 0 Å². The molecule has 0 atom stereocenters. The Labute approximate surface area is 188 Å². The molecular weight excluding hydrogens is 400 g/mol. The van der Waals surface area contributed by atoms with Crippen molar-refractivity contribution in [1.29, 1.82) is 0 Å². The van der Waals surface area contributed by atoms with Crippen molar-refractivity contribution in [2.24, 2.45) is 5.92 Å². The summed E-state index contributed by atoms with van der Waals surface area (Å²) in [6.45, 7) is 1.80. The molecule has 4 rings (SSSR count). The number of nitrogens with one attached hydrogen (secondary N) is 1. The summed E-state index contributed by atoms with van der Waals surface area (Å²) in [7, 11) is 0. The largest absolute Gasteiger partial charge is 0.356 e. The first-order chi connectivity index (χ1) is 15.7. The van der Waals surface area contributed by atoms with Gasteiger partial charge in [-0.2, -0.15) is 5.10 Å². The highest BCUT2D eigenvalue weighted by molar-refractivity contribution is 5.92. The van der Waals surface area contributed by atoms with Crippen LogP contribution in [0.5, 0.6) is 0 Å². The van der Waals surface area contributed by atoms with Gasteiger partial charge in [-0.15, -0.1) is 0 Å². The number of carbonyl (C=O) groups excluding carboxylic acids is 2. The van der Waals surface area contributed by atoms with Gasteiger partial charge in [0.2, 0.25) is 11.8 Å². The molecule has 2 aromatic carbocycles. The minimum Gasteiger partial charge on any atom is -0.356 e. The molecule has 1 aliphatic heterocycles. The molecule has 2 amide bonds. The molecule has 0 radical (unpaired) electrons. The van der Waals surface area contributed by atoms with Gasteiger partial charge < -0.3 is 10.2 Å². The molecule has 32 heavy (non-hydrogen) atoms. The molecule has 1 aliphatic rings. The summed E-state index contributed by atoms with van der Waals surface area (Å²) >= 11 is 0. The Morgan fingerprint density at radius 1 is 1.00 bits per heavy atom. The third-order valence-corrected chi connectivity index (χ3v) is 5.77. The zero-order chi connectivity index (χ0) is 22.2. The van der Waals surface area contributed by atoms with E-state index in [4.69, 9.17) is 0 Å². The summed E-state index contributed by atoms with van der Waals surface area (Å²) in [6.07, 6.45) is 9.42. The monoisotopic (exact) mass is 428 g/mol. The normalized spacial score (nSPS) is 14.6. The molecule has 2 heterocycles. The van der Waals surface area contributed by atoms with Crippen molar-refractivity contribution in [1.82, 2.24) is 20.0 Å². The molecule has 6 heteroatoms. The lowest BCUT2D eigenvalue weighted by molar-refractivity contribution is -0.132. The minimum absolute atomic E-state index is 0.00291. The number of para-hydroxylation sites is 1. The second-order valence-electron chi connectivity index (χ2n) is 8.01. The molecule has 0 aliphatic carbocycles. The van der Waals surface area contributed by atoms with Gasteiger partial charge in [0.15, 0.2) is 0 Å². The van der Waals surface area contributed by atoms with Crippen molar-refractivity contribution < 1.29 is 9.59 Å². The second kappa shape index (κ2) is 10.6. The summed E-state index contributed by atoms with van der Waals surface area (Å²) in [4.78, 5) is 26.8. The van der Waals surface area contributed by atoms with Crippen molar-refractivity contribution in [3.8, 4) is 5.69 Å². The van der Waals surface area contributed by atoms with Gasteiger partial charge in [-0.25, -0.2) is 4.68 Å². The van der Waals surface area contributed by atoms with E-state index < -0.39 is 0 Å². The average Bonchev–Trinajstić information content (AvgIpc) is 3.33. The van der Waals surface area contributed by atoms with Crippen LogP contribution in [0.3, 0.4) is 0 Å². The molecule has 0 unspecified atom stereocenters. The molecular formula is C26H28N4O2. The maximum Gasteiger partial charge on any atom is 0.246 e. The fourth-order valence-corrected chi connectivity index (χ4v) is 3.88. The number of nitrogens with zero attached hydrogens (tertiary/aromatic N) is 3. The summed E-state index contributed by atoms with van der Waals surface area (Å²) in [5.41, 5.74) is 3.10. The van der Waals surface area contributed by atoms with E-state index in [1.54, 1.807) is 6.08 Å². The molecule has 6 nitrogen and oxygen atoms in total. The second-order valence-corrected chi connectivity index (χ2v) is 8.01. The first-order valence-electron chi connectivity index (χ1n) is 11.1. The van der Waals surface area contributed by atoms with Gasteiger partial charge in [-0.3, -0.25) is 9.59 Å². The Kier molecular flexibility index (Phi) is 7.12. The molecule has 3 aromatic rings. The molecule has 1 fully saturated rings. The first kappa shape index (κ1) is 21.6. The van der Waals surface area contributed by atoms with Gasteiger partial charge in [-0.05, 0) is 48.6 Å². The summed E-state index contributed by atoms with van der Waals surface area (Å²) in [5, 5.41) is 7.44. The van der Waals surface area contributed by atoms with E-state index >= 15 is 0 Å². The lowest BCUT2D eigenvalue weighted by Gasteiger charge is -2.30. The highest BCUT2D eigenvalue weighted by atomic mass is 16.2. The molecule has 1 saturated heterocycles. The van der Waals surface area contributed by atoms with Crippen molar-refractivity contribution in [2.75, 3.05) is 19.6 Å². The fraction of sp³-hybridized carbons (Fsp3) is 0.269. The molecule has 164 valence electrons. The smallest absolute Gasteiger partial charge is 0.246 e. The minimum atomic E-state index is -0.0378. The van der Waals surface area contributed by atoms with E-state index in [0.717, 1.165) is 23.2 Å². The van der Waals surface area contributed by atoms with Crippen molar-refractivity contribution >= 4 is 17.9 Å². The maximum absolute atomic E-state index is 12.6. The lowest BCUT2D eigenvalue weighted by Crippen LogP contribution is -2.42. The van der Waals surface area contributed by atoms with Crippen LogP contribution in [0, 0.1) is 5.92 Å². The number of hydrogen-bond acceptors (Lipinski definition) is 3. The Balaban J connectivity index is 1.18. The van der Waals surface area contributed by atoms with Crippen LogP contribution in [0.25, 0.3) is 11.8 Å².